The second kappa shape index (κ2) is 7.51. The molecular weight excluding hydrogens is 298 g/mol. The van der Waals surface area contributed by atoms with Gasteiger partial charge in [-0.15, -0.1) is 0 Å². The molecular formula is C13H18BrNO3. The van der Waals surface area contributed by atoms with Crippen LogP contribution in [0.1, 0.15) is 11.1 Å². The number of aryl methyl sites for hydroxylation is 2. The third-order valence-electron chi connectivity index (χ3n) is 2.43. The summed E-state index contributed by atoms with van der Waals surface area (Å²) in [5.74, 6) is -0.153. The van der Waals surface area contributed by atoms with E-state index in [2.05, 4.69) is 21.2 Å². The summed E-state index contributed by atoms with van der Waals surface area (Å²) in [6.45, 7) is 4.86. The Morgan fingerprint density at radius 3 is 2.44 bits per heavy atom. The molecule has 0 spiro atoms. The maximum absolute atomic E-state index is 11.7. The van der Waals surface area contributed by atoms with Gasteiger partial charge in [-0.3, -0.25) is 4.79 Å². The largest absolute Gasteiger partial charge is 0.382 e. The van der Waals surface area contributed by atoms with Crippen LogP contribution in [0.5, 0.6) is 0 Å². The van der Waals surface area contributed by atoms with Gasteiger partial charge in [-0.25, -0.2) is 0 Å². The Balaban J connectivity index is 2.54. The quantitative estimate of drug-likeness (QED) is 0.821. The molecule has 100 valence electrons. The molecule has 4 nitrogen and oxygen atoms in total. The SMILES string of the molecule is COCCOCC(=O)Nc1c(C)cc(Br)cc1C. The zero-order valence-corrected chi connectivity index (χ0v) is 12.5. The first-order valence-corrected chi connectivity index (χ1v) is 6.47. The maximum atomic E-state index is 11.7. The average molecular weight is 316 g/mol. The zero-order valence-electron chi connectivity index (χ0n) is 10.9. The summed E-state index contributed by atoms with van der Waals surface area (Å²) in [5.41, 5.74) is 2.89. The molecule has 0 atom stereocenters. The second-order valence-corrected chi connectivity index (χ2v) is 4.92. The molecule has 0 aliphatic heterocycles. The van der Waals surface area contributed by atoms with Crippen molar-refractivity contribution in [2.75, 3.05) is 32.2 Å². The summed E-state index contributed by atoms with van der Waals surface area (Å²) in [5, 5.41) is 2.86. The number of ether oxygens (including phenoxy) is 2. The van der Waals surface area contributed by atoms with Crippen LogP contribution in [0.3, 0.4) is 0 Å². The molecule has 0 aromatic heterocycles. The van der Waals surface area contributed by atoms with Crippen LogP contribution < -0.4 is 5.32 Å². The lowest BCUT2D eigenvalue weighted by Crippen LogP contribution is -2.20. The summed E-state index contributed by atoms with van der Waals surface area (Å²) in [7, 11) is 1.60. The number of methoxy groups -OCH3 is 1. The highest BCUT2D eigenvalue weighted by Gasteiger charge is 2.08. The van der Waals surface area contributed by atoms with Crippen molar-refractivity contribution in [2.24, 2.45) is 0 Å². The normalized spacial score (nSPS) is 10.4. The third kappa shape index (κ3) is 4.76. The molecule has 0 unspecified atom stereocenters. The van der Waals surface area contributed by atoms with Crippen LogP contribution in [0.4, 0.5) is 5.69 Å². The van der Waals surface area contributed by atoms with Gasteiger partial charge in [-0.1, -0.05) is 15.9 Å². The maximum Gasteiger partial charge on any atom is 0.250 e. The van der Waals surface area contributed by atoms with Crippen molar-refractivity contribution in [1.29, 1.82) is 0 Å². The molecule has 0 saturated heterocycles. The Hall–Kier alpha value is -0.910. The number of nitrogens with one attached hydrogen (secondary N) is 1. The highest BCUT2D eigenvalue weighted by Crippen LogP contribution is 2.24. The summed E-state index contributed by atoms with van der Waals surface area (Å²) >= 11 is 3.42. The van der Waals surface area contributed by atoms with E-state index < -0.39 is 0 Å². The van der Waals surface area contributed by atoms with Gasteiger partial charge in [-0.05, 0) is 37.1 Å². The lowest BCUT2D eigenvalue weighted by Gasteiger charge is -2.12. The summed E-state index contributed by atoms with van der Waals surface area (Å²) in [6, 6.07) is 3.93. The van der Waals surface area contributed by atoms with E-state index in [1.807, 2.05) is 26.0 Å². The number of hydrogen-bond acceptors (Lipinski definition) is 3. The Labute approximate surface area is 116 Å². The molecule has 0 saturated carbocycles. The molecule has 0 bridgehead atoms. The fraction of sp³-hybridized carbons (Fsp3) is 0.462. The predicted octanol–water partition coefficient (Wildman–Crippen LogP) is 2.67. The first kappa shape index (κ1) is 15.1. The van der Waals surface area contributed by atoms with E-state index in [0.717, 1.165) is 21.3 Å². The highest BCUT2D eigenvalue weighted by molar-refractivity contribution is 9.10. The highest BCUT2D eigenvalue weighted by atomic mass is 79.9. The predicted molar refractivity (Wildman–Crippen MR) is 74.9 cm³/mol. The topological polar surface area (TPSA) is 47.6 Å². The van der Waals surface area contributed by atoms with Gasteiger partial charge in [0.05, 0.1) is 13.2 Å². The molecule has 0 radical (unpaired) electrons. The smallest absolute Gasteiger partial charge is 0.250 e. The summed E-state index contributed by atoms with van der Waals surface area (Å²) in [6.07, 6.45) is 0. The van der Waals surface area contributed by atoms with E-state index in [0.29, 0.717) is 13.2 Å². The molecule has 0 aliphatic carbocycles. The fourth-order valence-corrected chi connectivity index (χ4v) is 2.28. The van der Waals surface area contributed by atoms with Gasteiger partial charge in [0, 0.05) is 17.3 Å². The standard InChI is InChI=1S/C13H18BrNO3/c1-9-6-11(14)7-10(2)13(9)15-12(16)8-18-5-4-17-3/h6-7H,4-5,8H2,1-3H3,(H,15,16). The minimum absolute atomic E-state index is 0.0400. The number of carbonyl (C=O) groups is 1. The Morgan fingerprint density at radius 1 is 1.28 bits per heavy atom. The van der Waals surface area contributed by atoms with Crippen molar-refractivity contribution < 1.29 is 14.3 Å². The fourth-order valence-electron chi connectivity index (χ4n) is 1.59. The van der Waals surface area contributed by atoms with Gasteiger partial charge in [-0.2, -0.15) is 0 Å². The van der Waals surface area contributed by atoms with Gasteiger partial charge < -0.3 is 14.8 Å². The Morgan fingerprint density at radius 2 is 1.89 bits per heavy atom. The van der Waals surface area contributed by atoms with Crippen LogP contribution in [0.25, 0.3) is 0 Å². The van der Waals surface area contributed by atoms with Gasteiger partial charge in [0.15, 0.2) is 0 Å². The minimum Gasteiger partial charge on any atom is -0.382 e. The van der Waals surface area contributed by atoms with Crippen LogP contribution >= 0.6 is 15.9 Å². The van der Waals surface area contributed by atoms with Crippen molar-refractivity contribution in [3.05, 3.63) is 27.7 Å². The van der Waals surface area contributed by atoms with E-state index in [1.165, 1.54) is 0 Å². The monoisotopic (exact) mass is 315 g/mol. The van der Waals surface area contributed by atoms with Gasteiger partial charge in [0.2, 0.25) is 5.91 Å². The Kier molecular flexibility index (Phi) is 6.32. The van der Waals surface area contributed by atoms with Crippen LogP contribution in [-0.2, 0) is 14.3 Å². The van der Waals surface area contributed by atoms with Crippen LogP contribution in [-0.4, -0.2) is 32.8 Å². The molecule has 1 aromatic carbocycles. The first-order chi connectivity index (χ1) is 8.54. The number of amides is 1. The molecule has 0 aliphatic rings. The zero-order chi connectivity index (χ0) is 13.5. The van der Waals surface area contributed by atoms with Crippen molar-refractivity contribution in [3.63, 3.8) is 0 Å². The molecule has 5 heteroatoms. The van der Waals surface area contributed by atoms with Crippen molar-refractivity contribution in [2.45, 2.75) is 13.8 Å². The number of hydrogen-bond donors (Lipinski definition) is 1. The van der Waals surface area contributed by atoms with E-state index in [9.17, 15) is 4.79 Å². The van der Waals surface area contributed by atoms with Crippen LogP contribution in [0.2, 0.25) is 0 Å². The van der Waals surface area contributed by atoms with Gasteiger partial charge in [0.1, 0.15) is 6.61 Å². The van der Waals surface area contributed by atoms with E-state index in [4.69, 9.17) is 9.47 Å². The van der Waals surface area contributed by atoms with Crippen molar-refractivity contribution in [3.8, 4) is 0 Å². The molecule has 0 heterocycles. The lowest BCUT2D eigenvalue weighted by atomic mass is 10.1. The van der Waals surface area contributed by atoms with Crippen LogP contribution in [0, 0.1) is 13.8 Å². The van der Waals surface area contributed by atoms with Gasteiger partial charge >= 0.3 is 0 Å². The van der Waals surface area contributed by atoms with Gasteiger partial charge in [0.25, 0.3) is 0 Å². The van der Waals surface area contributed by atoms with E-state index in [-0.39, 0.29) is 12.5 Å². The third-order valence-corrected chi connectivity index (χ3v) is 2.88. The molecule has 1 N–H and O–H groups in total. The number of halogens is 1. The molecule has 0 fully saturated rings. The Bertz CT molecular complexity index is 398. The first-order valence-electron chi connectivity index (χ1n) is 5.68. The molecule has 18 heavy (non-hydrogen) atoms. The van der Waals surface area contributed by atoms with Crippen molar-refractivity contribution in [1.82, 2.24) is 0 Å². The number of carbonyl (C=O) groups excluding carboxylic acids is 1. The van der Waals surface area contributed by atoms with Crippen LogP contribution in [0.15, 0.2) is 16.6 Å². The lowest BCUT2D eigenvalue weighted by molar-refractivity contribution is -0.121. The average Bonchev–Trinajstić information content (AvgIpc) is 2.29. The summed E-state index contributed by atoms with van der Waals surface area (Å²) < 4.78 is 11.0. The summed E-state index contributed by atoms with van der Waals surface area (Å²) in [4.78, 5) is 11.7. The molecule has 1 amide bonds. The molecule has 1 rings (SSSR count). The van der Waals surface area contributed by atoms with E-state index in [1.54, 1.807) is 7.11 Å². The number of anilines is 1. The second-order valence-electron chi connectivity index (χ2n) is 4.01. The van der Waals surface area contributed by atoms with Crippen molar-refractivity contribution >= 4 is 27.5 Å². The minimum atomic E-state index is -0.153. The molecule has 1 aromatic rings. The number of rotatable bonds is 6. The van der Waals surface area contributed by atoms with E-state index >= 15 is 0 Å². The number of benzene rings is 1.